The third kappa shape index (κ3) is 5.83. The molecule has 1 amide bonds. The number of carbonyl (C=O) groups excluding carboxylic acids is 3. The summed E-state index contributed by atoms with van der Waals surface area (Å²) in [4.78, 5) is 34.9. The Balaban J connectivity index is 1.76. The Bertz CT molecular complexity index is 786. The molecule has 1 aliphatic rings. The molecule has 1 aromatic rings. The first-order chi connectivity index (χ1) is 12.2. The number of hydrogen-bond donors (Lipinski definition) is 1. The molecule has 0 bridgehead atoms. The first kappa shape index (κ1) is 19.9. The molecular weight excluding hydrogens is 362 g/mol. The maximum Gasteiger partial charge on any atom is 0.344 e. The van der Waals surface area contributed by atoms with Crippen LogP contribution in [0.4, 0.5) is 0 Å². The number of carbonyl (C=O) groups is 3. The fraction of sp³-hybridized carbons (Fsp3) is 0.471. The monoisotopic (exact) mass is 383 g/mol. The number of Topliss-reactive ketones (excluding diaryl/α,β-unsaturated/α-hetero) is 1. The predicted octanol–water partition coefficient (Wildman–Crippen LogP) is 0.503. The van der Waals surface area contributed by atoms with Crippen molar-refractivity contribution in [1.82, 2.24) is 5.32 Å². The summed E-state index contributed by atoms with van der Waals surface area (Å²) in [6, 6.07) is 5.81. The van der Waals surface area contributed by atoms with E-state index in [1.54, 1.807) is 24.3 Å². The molecule has 0 aromatic heterocycles. The van der Waals surface area contributed by atoms with Crippen molar-refractivity contribution in [1.29, 1.82) is 0 Å². The van der Waals surface area contributed by atoms with Gasteiger partial charge in [-0.3, -0.25) is 9.59 Å². The normalized spacial score (nSPS) is 19.4. The highest BCUT2D eigenvalue weighted by Crippen LogP contribution is 2.13. The molecule has 1 aliphatic heterocycles. The number of amides is 1. The number of ether oxygens (including phenoxy) is 2. The zero-order chi connectivity index (χ0) is 19.3. The van der Waals surface area contributed by atoms with Crippen molar-refractivity contribution < 1.29 is 32.3 Å². The first-order valence-corrected chi connectivity index (χ1v) is 9.92. The molecule has 2 rings (SSSR count). The number of rotatable bonds is 7. The van der Waals surface area contributed by atoms with Crippen molar-refractivity contribution in [2.24, 2.45) is 0 Å². The van der Waals surface area contributed by atoms with Gasteiger partial charge in [0, 0.05) is 11.6 Å². The Morgan fingerprint density at radius 1 is 1.23 bits per heavy atom. The molecule has 0 aliphatic carbocycles. The summed E-state index contributed by atoms with van der Waals surface area (Å²) in [5.41, 5.74) is 0.527. The lowest BCUT2D eigenvalue weighted by atomic mass is 10.1. The van der Waals surface area contributed by atoms with E-state index in [1.807, 2.05) is 0 Å². The zero-order valence-electron chi connectivity index (χ0n) is 14.6. The van der Waals surface area contributed by atoms with Crippen LogP contribution in [0.2, 0.25) is 0 Å². The van der Waals surface area contributed by atoms with Gasteiger partial charge in [0.05, 0.1) is 11.5 Å². The average Bonchev–Trinajstić information content (AvgIpc) is 2.91. The van der Waals surface area contributed by atoms with E-state index in [2.05, 4.69) is 5.32 Å². The molecule has 0 radical (unpaired) electrons. The summed E-state index contributed by atoms with van der Waals surface area (Å²) in [5.74, 6) is -1.03. The van der Waals surface area contributed by atoms with Gasteiger partial charge in [-0.15, -0.1) is 0 Å². The van der Waals surface area contributed by atoms with Gasteiger partial charge >= 0.3 is 5.97 Å². The lowest BCUT2D eigenvalue weighted by Gasteiger charge is -2.16. The molecule has 8 nitrogen and oxygen atoms in total. The van der Waals surface area contributed by atoms with Crippen LogP contribution < -0.4 is 10.1 Å². The largest absolute Gasteiger partial charge is 0.482 e. The van der Waals surface area contributed by atoms with Gasteiger partial charge in [0.2, 0.25) is 0 Å². The van der Waals surface area contributed by atoms with Crippen LogP contribution in [0, 0.1) is 0 Å². The van der Waals surface area contributed by atoms with Gasteiger partial charge < -0.3 is 14.8 Å². The van der Waals surface area contributed by atoms with Crippen LogP contribution in [0.15, 0.2) is 24.3 Å². The molecule has 1 saturated heterocycles. The quantitative estimate of drug-likeness (QED) is 0.538. The van der Waals surface area contributed by atoms with E-state index in [-0.39, 0.29) is 17.3 Å². The number of hydrogen-bond acceptors (Lipinski definition) is 7. The third-order valence-corrected chi connectivity index (χ3v) is 5.64. The van der Waals surface area contributed by atoms with Gasteiger partial charge in [-0.2, -0.15) is 0 Å². The molecule has 2 atom stereocenters. The fourth-order valence-corrected chi connectivity index (χ4v) is 4.11. The Labute approximate surface area is 151 Å². The second-order valence-electron chi connectivity index (χ2n) is 6.11. The molecule has 1 N–H and O–H groups in total. The van der Waals surface area contributed by atoms with Crippen molar-refractivity contribution in [2.75, 3.05) is 18.1 Å². The van der Waals surface area contributed by atoms with Crippen molar-refractivity contribution in [3.8, 4) is 5.75 Å². The van der Waals surface area contributed by atoms with Crippen molar-refractivity contribution in [3.63, 3.8) is 0 Å². The van der Waals surface area contributed by atoms with E-state index in [1.165, 1.54) is 13.8 Å². The smallest absolute Gasteiger partial charge is 0.344 e. The average molecular weight is 383 g/mol. The molecule has 142 valence electrons. The van der Waals surface area contributed by atoms with Crippen LogP contribution in [0.3, 0.4) is 0 Å². The van der Waals surface area contributed by atoms with E-state index in [0.717, 1.165) is 0 Å². The van der Waals surface area contributed by atoms with Crippen LogP contribution in [0.1, 0.15) is 30.6 Å². The van der Waals surface area contributed by atoms with E-state index in [9.17, 15) is 22.8 Å². The minimum absolute atomic E-state index is 0.0440. The number of benzene rings is 1. The minimum Gasteiger partial charge on any atom is -0.482 e. The van der Waals surface area contributed by atoms with E-state index < -0.39 is 40.5 Å². The van der Waals surface area contributed by atoms with Gasteiger partial charge in [0.25, 0.3) is 5.91 Å². The predicted molar refractivity (Wildman–Crippen MR) is 92.7 cm³/mol. The highest BCUT2D eigenvalue weighted by molar-refractivity contribution is 7.91. The number of sulfone groups is 1. The highest BCUT2D eigenvalue weighted by Gasteiger charge is 2.30. The number of nitrogens with one attached hydrogen (secondary N) is 1. The lowest BCUT2D eigenvalue weighted by molar-refractivity contribution is -0.156. The highest BCUT2D eigenvalue weighted by atomic mass is 32.2. The van der Waals surface area contributed by atoms with Crippen LogP contribution >= 0.6 is 0 Å². The maximum absolute atomic E-state index is 12.0. The molecular formula is C17H21NO7S. The Morgan fingerprint density at radius 3 is 2.42 bits per heavy atom. The van der Waals surface area contributed by atoms with Crippen LogP contribution in [0.5, 0.6) is 5.75 Å². The minimum atomic E-state index is -3.10. The second-order valence-corrected chi connectivity index (χ2v) is 8.34. The Kier molecular flexibility index (Phi) is 6.36. The molecule has 1 heterocycles. The topological polar surface area (TPSA) is 116 Å². The Morgan fingerprint density at radius 2 is 1.88 bits per heavy atom. The van der Waals surface area contributed by atoms with Gasteiger partial charge in [-0.1, -0.05) is 0 Å². The van der Waals surface area contributed by atoms with E-state index >= 15 is 0 Å². The molecule has 9 heteroatoms. The van der Waals surface area contributed by atoms with Gasteiger partial charge in [-0.05, 0) is 44.5 Å². The first-order valence-electron chi connectivity index (χ1n) is 8.10. The number of ketones is 1. The van der Waals surface area contributed by atoms with Gasteiger partial charge in [0.1, 0.15) is 5.75 Å². The summed E-state index contributed by atoms with van der Waals surface area (Å²) in [6.07, 6.45) is -0.705. The lowest BCUT2D eigenvalue weighted by Crippen LogP contribution is -2.43. The Hall–Kier alpha value is -2.42. The maximum atomic E-state index is 12.0. The molecule has 0 unspecified atom stereocenters. The third-order valence-electron chi connectivity index (χ3n) is 3.87. The van der Waals surface area contributed by atoms with Gasteiger partial charge in [-0.25, -0.2) is 13.2 Å². The summed E-state index contributed by atoms with van der Waals surface area (Å²) < 4.78 is 33.0. The van der Waals surface area contributed by atoms with E-state index in [0.29, 0.717) is 17.7 Å². The summed E-state index contributed by atoms with van der Waals surface area (Å²) in [7, 11) is -3.10. The number of esters is 1. The summed E-state index contributed by atoms with van der Waals surface area (Å²) >= 11 is 0. The zero-order valence-corrected chi connectivity index (χ0v) is 15.4. The van der Waals surface area contributed by atoms with Crippen molar-refractivity contribution in [2.45, 2.75) is 32.4 Å². The van der Waals surface area contributed by atoms with E-state index in [4.69, 9.17) is 9.47 Å². The fourth-order valence-electron chi connectivity index (χ4n) is 2.44. The SMILES string of the molecule is CC(=O)c1ccc(OCC(=O)O[C@H](C)C(=O)N[C@@H]2CCS(=O)(=O)C2)cc1. The van der Waals surface area contributed by atoms with Crippen LogP contribution in [-0.4, -0.2) is 56.3 Å². The summed E-state index contributed by atoms with van der Waals surface area (Å²) in [5, 5.41) is 2.56. The van der Waals surface area contributed by atoms with Crippen molar-refractivity contribution in [3.05, 3.63) is 29.8 Å². The van der Waals surface area contributed by atoms with Gasteiger partial charge in [0.15, 0.2) is 28.3 Å². The molecule has 0 spiro atoms. The van der Waals surface area contributed by atoms with Crippen LogP contribution in [-0.2, 0) is 24.2 Å². The standard InChI is InChI=1S/C17H21NO7S/c1-11(19)13-3-5-15(6-4-13)24-9-16(20)25-12(2)17(21)18-14-7-8-26(22,23)10-14/h3-6,12,14H,7-10H2,1-2H3,(H,18,21)/t12-,14-/m1/s1. The second kappa shape index (κ2) is 8.31. The molecule has 26 heavy (non-hydrogen) atoms. The molecule has 1 aromatic carbocycles. The van der Waals surface area contributed by atoms with Crippen LogP contribution in [0.25, 0.3) is 0 Å². The molecule has 1 fully saturated rings. The van der Waals surface area contributed by atoms with Crippen molar-refractivity contribution >= 4 is 27.5 Å². The molecule has 0 saturated carbocycles. The summed E-state index contributed by atoms with van der Waals surface area (Å²) in [6.45, 7) is 2.45.